The highest BCUT2D eigenvalue weighted by Gasteiger charge is 2.32. The number of hydrogen-bond acceptors (Lipinski definition) is 4. The molecule has 21 heavy (non-hydrogen) atoms. The molecular weight excluding hydrogens is 272 g/mol. The van der Waals surface area contributed by atoms with Gasteiger partial charge in [0.15, 0.2) is 6.10 Å². The zero-order chi connectivity index (χ0) is 15.6. The Hall–Kier alpha value is -2.24. The van der Waals surface area contributed by atoms with Crippen LogP contribution in [0.15, 0.2) is 18.2 Å². The number of aromatic hydroxyl groups is 1. The first-order valence-electron chi connectivity index (χ1n) is 6.96. The Kier molecular flexibility index (Phi) is 4.35. The summed E-state index contributed by atoms with van der Waals surface area (Å²) in [7, 11) is 0. The van der Waals surface area contributed by atoms with Crippen molar-refractivity contribution in [1.82, 2.24) is 5.32 Å². The van der Waals surface area contributed by atoms with E-state index in [0.717, 1.165) is 0 Å². The summed E-state index contributed by atoms with van der Waals surface area (Å²) >= 11 is 0. The molecule has 1 aromatic rings. The number of benzene rings is 1. The summed E-state index contributed by atoms with van der Waals surface area (Å²) in [5, 5.41) is 12.3. The summed E-state index contributed by atoms with van der Waals surface area (Å²) in [6, 6.07) is 4.48. The average molecular weight is 292 g/mol. The molecule has 0 saturated heterocycles. The van der Waals surface area contributed by atoms with Crippen molar-refractivity contribution in [1.29, 1.82) is 0 Å². The minimum atomic E-state index is -0.683. The van der Waals surface area contributed by atoms with Gasteiger partial charge in [-0.3, -0.25) is 14.5 Å². The number of carbonyl (C=O) groups is 2. The Balaban J connectivity index is 2.18. The first-order chi connectivity index (χ1) is 9.88. The van der Waals surface area contributed by atoms with E-state index in [1.165, 1.54) is 17.0 Å². The fourth-order valence-electron chi connectivity index (χ4n) is 2.08. The van der Waals surface area contributed by atoms with Crippen LogP contribution in [-0.2, 0) is 9.59 Å². The lowest BCUT2D eigenvalue weighted by molar-refractivity contribution is -0.128. The normalized spacial score (nSPS) is 17.4. The van der Waals surface area contributed by atoms with Crippen molar-refractivity contribution in [2.75, 3.05) is 18.0 Å². The molecule has 114 valence electrons. The highest BCUT2D eigenvalue weighted by atomic mass is 16.5. The zero-order valence-corrected chi connectivity index (χ0v) is 12.4. The second kappa shape index (κ2) is 6.03. The van der Waals surface area contributed by atoms with Crippen molar-refractivity contribution in [3.05, 3.63) is 18.2 Å². The van der Waals surface area contributed by atoms with Crippen LogP contribution in [0.1, 0.15) is 20.8 Å². The van der Waals surface area contributed by atoms with E-state index in [9.17, 15) is 14.7 Å². The van der Waals surface area contributed by atoms with E-state index in [0.29, 0.717) is 23.9 Å². The van der Waals surface area contributed by atoms with E-state index in [1.54, 1.807) is 13.0 Å². The fourth-order valence-corrected chi connectivity index (χ4v) is 2.08. The van der Waals surface area contributed by atoms with Crippen LogP contribution in [0.3, 0.4) is 0 Å². The number of ether oxygens (including phenoxy) is 1. The lowest BCUT2D eigenvalue weighted by atomic mass is 10.1. The van der Waals surface area contributed by atoms with E-state index in [4.69, 9.17) is 4.74 Å². The molecule has 2 rings (SSSR count). The maximum absolute atomic E-state index is 12.2. The first kappa shape index (κ1) is 15.2. The van der Waals surface area contributed by atoms with Gasteiger partial charge in [-0.15, -0.1) is 0 Å². The fraction of sp³-hybridized carbons (Fsp3) is 0.467. The summed E-state index contributed by atoms with van der Waals surface area (Å²) < 4.78 is 5.45. The summed E-state index contributed by atoms with van der Waals surface area (Å²) in [6.45, 7) is 6.13. The highest BCUT2D eigenvalue weighted by Crippen LogP contribution is 2.36. The van der Waals surface area contributed by atoms with Crippen molar-refractivity contribution < 1.29 is 19.4 Å². The van der Waals surface area contributed by atoms with Crippen LogP contribution >= 0.6 is 0 Å². The number of nitrogens with zero attached hydrogens (tertiary/aromatic N) is 1. The summed E-state index contributed by atoms with van der Waals surface area (Å²) in [4.78, 5) is 25.5. The molecule has 1 aliphatic rings. The van der Waals surface area contributed by atoms with Gasteiger partial charge in [-0.1, -0.05) is 13.8 Å². The topological polar surface area (TPSA) is 78.9 Å². The molecule has 1 unspecified atom stereocenters. The second-order valence-electron chi connectivity index (χ2n) is 5.53. The molecule has 1 aromatic carbocycles. The number of phenolic OH excluding ortho intramolecular Hbond substituents is 1. The predicted octanol–water partition coefficient (Wildman–Crippen LogP) is 1.28. The van der Waals surface area contributed by atoms with Crippen LogP contribution < -0.4 is 15.0 Å². The lowest BCUT2D eigenvalue weighted by Crippen LogP contribution is -2.49. The van der Waals surface area contributed by atoms with E-state index in [2.05, 4.69) is 5.32 Å². The van der Waals surface area contributed by atoms with E-state index in [1.807, 2.05) is 13.8 Å². The summed E-state index contributed by atoms with van der Waals surface area (Å²) in [6.07, 6.45) is -0.683. The van der Waals surface area contributed by atoms with Crippen molar-refractivity contribution in [2.24, 2.45) is 5.92 Å². The summed E-state index contributed by atoms with van der Waals surface area (Å²) in [5.74, 6) is 0.314. The third kappa shape index (κ3) is 3.45. The molecule has 2 N–H and O–H groups in total. The molecule has 0 saturated carbocycles. The Morgan fingerprint density at radius 1 is 1.48 bits per heavy atom. The Morgan fingerprint density at radius 3 is 2.86 bits per heavy atom. The van der Waals surface area contributed by atoms with Gasteiger partial charge in [0.1, 0.15) is 18.0 Å². The number of anilines is 1. The maximum Gasteiger partial charge on any atom is 0.268 e. The smallest absolute Gasteiger partial charge is 0.268 e. The number of phenols is 1. The van der Waals surface area contributed by atoms with Crippen LogP contribution in [0.25, 0.3) is 0 Å². The third-order valence-electron chi connectivity index (χ3n) is 3.16. The Bertz CT molecular complexity index is 557. The molecule has 1 heterocycles. The summed E-state index contributed by atoms with van der Waals surface area (Å²) in [5.41, 5.74) is 0.496. The lowest BCUT2D eigenvalue weighted by Gasteiger charge is -2.32. The highest BCUT2D eigenvalue weighted by molar-refractivity contribution is 6.03. The molecule has 0 aromatic heterocycles. The van der Waals surface area contributed by atoms with Gasteiger partial charge in [0, 0.05) is 12.6 Å². The van der Waals surface area contributed by atoms with Crippen molar-refractivity contribution >= 4 is 17.5 Å². The van der Waals surface area contributed by atoms with E-state index < -0.39 is 6.10 Å². The maximum atomic E-state index is 12.2. The molecule has 1 atom stereocenters. The van der Waals surface area contributed by atoms with E-state index in [-0.39, 0.29) is 24.1 Å². The molecule has 1 aliphatic heterocycles. The number of fused-ring (bicyclic) bond motifs is 1. The Morgan fingerprint density at radius 2 is 2.19 bits per heavy atom. The number of rotatable bonds is 4. The largest absolute Gasteiger partial charge is 0.508 e. The molecule has 0 fully saturated rings. The van der Waals surface area contributed by atoms with Crippen molar-refractivity contribution in [3.8, 4) is 11.5 Å². The minimum absolute atomic E-state index is 0.0551. The number of hydrogen-bond donors (Lipinski definition) is 2. The molecule has 6 nitrogen and oxygen atoms in total. The van der Waals surface area contributed by atoms with Crippen molar-refractivity contribution in [2.45, 2.75) is 26.9 Å². The Labute approximate surface area is 123 Å². The molecule has 0 radical (unpaired) electrons. The monoisotopic (exact) mass is 292 g/mol. The number of carbonyl (C=O) groups excluding carboxylic acids is 2. The van der Waals surface area contributed by atoms with Crippen LogP contribution in [0.4, 0.5) is 5.69 Å². The standard InChI is InChI=1S/C15H20N2O4/c1-9(2)7-16-14(19)8-17-12-5-4-11(18)6-13(12)21-10(3)15(17)20/h4-6,9-10,18H,7-8H2,1-3H3,(H,16,19). The van der Waals surface area contributed by atoms with Gasteiger partial charge in [-0.05, 0) is 25.0 Å². The van der Waals surface area contributed by atoms with Gasteiger partial charge < -0.3 is 15.2 Å². The van der Waals surface area contributed by atoms with Crippen LogP contribution in [0.2, 0.25) is 0 Å². The average Bonchev–Trinajstić information content (AvgIpc) is 2.41. The SMILES string of the molecule is CC(C)CNC(=O)CN1C(=O)C(C)Oc2cc(O)ccc21. The second-order valence-corrected chi connectivity index (χ2v) is 5.53. The molecule has 0 spiro atoms. The van der Waals surface area contributed by atoms with E-state index >= 15 is 0 Å². The van der Waals surface area contributed by atoms with Crippen molar-refractivity contribution in [3.63, 3.8) is 0 Å². The van der Waals surface area contributed by atoms with Gasteiger partial charge in [0.2, 0.25) is 5.91 Å². The van der Waals surface area contributed by atoms with Gasteiger partial charge in [-0.25, -0.2) is 0 Å². The number of amides is 2. The quantitative estimate of drug-likeness (QED) is 0.876. The van der Waals surface area contributed by atoms with Crippen LogP contribution in [-0.4, -0.2) is 36.1 Å². The zero-order valence-electron chi connectivity index (χ0n) is 12.4. The molecular formula is C15H20N2O4. The third-order valence-corrected chi connectivity index (χ3v) is 3.16. The molecule has 6 heteroatoms. The predicted molar refractivity (Wildman–Crippen MR) is 78.4 cm³/mol. The first-order valence-corrected chi connectivity index (χ1v) is 6.96. The van der Waals surface area contributed by atoms with Crippen LogP contribution in [0, 0.1) is 5.92 Å². The van der Waals surface area contributed by atoms with Crippen LogP contribution in [0.5, 0.6) is 11.5 Å². The number of nitrogens with one attached hydrogen (secondary N) is 1. The molecule has 2 amide bonds. The van der Waals surface area contributed by atoms with Gasteiger partial charge in [-0.2, -0.15) is 0 Å². The minimum Gasteiger partial charge on any atom is -0.508 e. The van der Waals surface area contributed by atoms with Gasteiger partial charge in [0.05, 0.1) is 5.69 Å². The van der Waals surface area contributed by atoms with Gasteiger partial charge >= 0.3 is 0 Å². The molecule has 0 bridgehead atoms. The molecule has 0 aliphatic carbocycles. The van der Waals surface area contributed by atoms with Gasteiger partial charge in [0.25, 0.3) is 5.91 Å².